The van der Waals surface area contributed by atoms with Crippen LogP contribution in [-0.2, 0) is 10.8 Å². The average Bonchev–Trinajstić information content (AvgIpc) is 1.51. The van der Waals surface area contributed by atoms with Crippen LogP contribution in [-0.4, -0.2) is 19.9 Å². The summed E-state index contributed by atoms with van der Waals surface area (Å²) in [6.45, 7) is 0. The van der Waals surface area contributed by atoms with Gasteiger partial charge in [0.1, 0.15) is 23.0 Å². The SMILES string of the molecule is c1ccc(-c2nc(-c3ccc4ccc(-c5cccc6c5-c5ccccc5C65c6ccccc6Oc6ccc(-c7ccccc7-c7cc(-c8ccc(-c9ccccc9)c9ccccc89)nc(-c8ccccc8)n7)cc65)cc4c3)cc(-c3ccccc3-c3ccc4c(c3)C3(c5ccccc5O4)c4ccccc4-c4ccccc43)n2)cc1. The van der Waals surface area contributed by atoms with Gasteiger partial charge < -0.3 is 9.47 Å². The Labute approximate surface area is 660 Å². The van der Waals surface area contributed by atoms with E-state index in [1.165, 1.54) is 55.6 Å². The number of fused-ring (bicyclic) bond motifs is 20. The quantitative estimate of drug-likeness (QED) is 0.136. The van der Waals surface area contributed by atoms with E-state index in [0.29, 0.717) is 11.6 Å². The Morgan fingerprint density at radius 3 is 1.10 bits per heavy atom. The third-order valence-electron chi connectivity index (χ3n) is 24.1. The van der Waals surface area contributed by atoms with Crippen molar-refractivity contribution < 1.29 is 9.47 Å². The molecule has 0 fully saturated rings. The lowest BCUT2D eigenvalue weighted by Crippen LogP contribution is -2.32. The zero-order valence-electron chi connectivity index (χ0n) is 61.7. The fraction of sp³-hybridized carbons (Fsp3) is 0.0185. The highest BCUT2D eigenvalue weighted by atomic mass is 16.5. The maximum Gasteiger partial charge on any atom is 0.160 e. The number of aromatic nitrogens is 4. The Balaban J connectivity index is 0.646. The minimum atomic E-state index is -0.784. The summed E-state index contributed by atoms with van der Waals surface area (Å²) in [6.07, 6.45) is 0. The van der Waals surface area contributed by atoms with E-state index < -0.39 is 10.8 Å². The van der Waals surface area contributed by atoms with Gasteiger partial charge in [-0.05, 0) is 171 Å². The second-order valence-electron chi connectivity index (χ2n) is 30.1. The molecule has 2 spiro atoms. The molecule has 0 saturated heterocycles. The van der Waals surface area contributed by atoms with Gasteiger partial charge in [-0.15, -0.1) is 0 Å². The van der Waals surface area contributed by atoms with E-state index in [-0.39, 0.29) is 0 Å². The number of hydrogen-bond acceptors (Lipinski definition) is 6. The van der Waals surface area contributed by atoms with Crippen molar-refractivity contribution >= 4 is 21.5 Å². The molecule has 19 aromatic rings. The van der Waals surface area contributed by atoms with E-state index in [1.807, 2.05) is 12.1 Å². The van der Waals surface area contributed by atoms with Gasteiger partial charge in [0.05, 0.1) is 33.6 Å². The first-order valence-corrected chi connectivity index (χ1v) is 39.0. The van der Waals surface area contributed by atoms with Crippen LogP contribution in [0.3, 0.4) is 0 Å². The maximum atomic E-state index is 7.13. The van der Waals surface area contributed by atoms with Crippen LogP contribution < -0.4 is 9.47 Å². The fourth-order valence-electron chi connectivity index (χ4n) is 19.2. The Morgan fingerprint density at radius 2 is 0.535 bits per heavy atom. The topological polar surface area (TPSA) is 70.0 Å². The lowest BCUT2D eigenvalue weighted by atomic mass is 9.65. The van der Waals surface area contributed by atoms with Crippen molar-refractivity contribution in [2.75, 3.05) is 0 Å². The lowest BCUT2D eigenvalue weighted by molar-refractivity contribution is 0.436. The number of hydrogen-bond donors (Lipinski definition) is 0. The first kappa shape index (κ1) is 65.0. The van der Waals surface area contributed by atoms with Crippen LogP contribution >= 0.6 is 0 Å². The fourth-order valence-corrected chi connectivity index (χ4v) is 19.2. The zero-order chi connectivity index (χ0) is 75.0. The Morgan fingerprint density at radius 1 is 0.175 bits per heavy atom. The molecule has 1 atom stereocenters. The van der Waals surface area contributed by atoms with Gasteiger partial charge in [-0.1, -0.05) is 340 Å². The molecule has 2 aliphatic carbocycles. The molecule has 2 aliphatic heterocycles. The van der Waals surface area contributed by atoms with Crippen LogP contribution in [0.25, 0.3) is 156 Å². The monoisotopic (exact) mass is 1450 g/mol. The molecule has 4 heterocycles. The molecule has 6 heteroatoms. The molecule has 23 rings (SSSR count). The van der Waals surface area contributed by atoms with Crippen LogP contribution in [0, 0.1) is 0 Å². The van der Waals surface area contributed by atoms with Gasteiger partial charge in [0.2, 0.25) is 0 Å². The summed E-state index contributed by atoms with van der Waals surface area (Å²) in [5.41, 5.74) is 30.7. The largest absolute Gasteiger partial charge is 0.457 e. The minimum Gasteiger partial charge on any atom is -0.457 e. The normalized spacial score (nSPS) is 14.0. The molecule has 17 aromatic carbocycles. The van der Waals surface area contributed by atoms with Crippen molar-refractivity contribution in [3.63, 3.8) is 0 Å². The van der Waals surface area contributed by atoms with Crippen molar-refractivity contribution in [3.8, 4) is 158 Å². The predicted octanol–water partition coefficient (Wildman–Crippen LogP) is 27.2. The third kappa shape index (κ3) is 9.94. The maximum absolute atomic E-state index is 7.13. The van der Waals surface area contributed by atoms with Crippen LogP contribution in [0.1, 0.15) is 44.5 Å². The lowest BCUT2D eigenvalue weighted by Gasteiger charge is -2.39. The van der Waals surface area contributed by atoms with Gasteiger partial charge in [0, 0.05) is 55.6 Å². The Bertz CT molecular complexity index is 7150. The molecule has 2 aromatic heterocycles. The predicted molar refractivity (Wildman–Crippen MR) is 462 cm³/mol. The second-order valence-corrected chi connectivity index (χ2v) is 30.1. The molecule has 0 saturated carbocycles. The highest BCUT2D eigenvalue weighted by Gasteiger charge is 2.53. The first-order valence-electron chi connectivity index (χ1n) is 39.0. The second kappa shape index (κ2) is 25.8. The summed E-state index contributed by atoms with van der Waals surface area (Å²) < 4.78 is 14.0. The van der Waals surface area contributed by atoms with Gasteiger partial charge in [0.15, 0.2) is 11.6 Å². The molecule has 0 bridgehead atoms. The summed E-state index contributed by atoms with van der Waals surface area (Å²) in [5, 5.41) is 4.51. The summed E-state index contributed by atoms with van der Waals surface area (Å²) >= 11 is 0. The van der Waals surface area contributed by atoms with E-state index in [4.69, 9.17) is 29.4 Å². The van der Waals surface area contributed by atoms with Crippen molar-refractivity contribution in [2.45, 2.75) is 10.8 Å². The summed E-state index contributed by atoms with van der Waals surface area (Å²) in [6, 6.07) is 144. The number of ether oxygens (including phenoxy) is 2. The summed E-state index contributed by atoms with van der Waals surface area (Å²) in [4.78, 5) is 21.9. The highest BCUT2D eigenvalue weighted by Crippen LogP contribution is 2.66. The van der Waals surface area contributed by atoms with E-state index in [9.17, 15) is 0 Å². The van der Waals surface area contributed by atoms with E-state index >= 15 is 0 Å². The molecule has 114 heavy (non-hydrogen) atoms. The number of benzene rings is 17. The van der Waals surface area contributed by atoms with Gasteiger partial charge in [-0.2, -0.15) is 0 Å². The molecular formula is C108H66N4O2. The molecular weight excluding hydrogens is 1390 g/mol. The van der Waals surface area contributed by atoms with Gasteiger partial charge >= 0.3 is 0 Å². The minimum absolute atomic E-state index is 0.617. The smallest absolute Gasteiger partial charge is 0.160 e. The molecule has 1 unspecified atom stereocenters. The third-order valence-corrected chi connectivity index (χ3v) is 24.1. The van der Waals surface area contributed by atoms with E-state index in [1.54, 1.807) is 0 Å². The van der Waals surface area contributed by atoms with Crippen molar-refractivity contribution in [2.24, 2.45) is 0 Å². The molecule has 0 N–H and O–H groups in total. The van der Waals surface area contributed by atoms with Gasteiger partial charge in [-0.3, -0.25) is 0 Å². The van der Waals surface area contributed by atoms with Crippen LogP contribution in [0.5, 0.6) is 23.0 Å². The molecule has 0 radical (unpaired) electrons. The van der Waals surface area contributed by atoms with Crippen LogP contribution in [0.15, 0.2) is 400 Å². The zero-order valence-corrected chi connectivity index (χ0v) is 61.7. The van der Waals surface area contributed by atoms with Gasteiger partial charge in [-0.25, -0.2) is 19.9 Å². The number of rotatable bonds is 10. The van der Waals surface area contributed by atoms with Gasteiger partial charge in [0.25, 0.3) is 0 Å². The number of nitrogens with zero attached hydrogens (tertiary/aromatic N) is 4. The van der Waals surface area contributed by atoms with Crippen molar-refractivity contribution in [1.82, 2.24) is 19.9 Å². The Hall–Kier alpha value is -15.0. The van der Waals surface area contributed by atoms with Crippen molar-refractivity contribution in [3.05, 3.63) is 445 Å². The summed E-state index contributed by atoms with van der Waals surface area (Å²) in [5.74, 6) is 4.65. The summed E-state index contributed by atoms with van der Waals surface area (Å²) in [7, 11) is 0. The Kier molecular flexibility index (Phi) is 14.7. The average molecular weight is 1450 g/mol. The van der Waals surface area contributed by atoms with Crippen molar-refractivity contribution in [1.29, 1.82) is 0 Å². The molecule has 530 valence electrons. The first-order chi connectivity index (χ1) is 56.5. The van der Waals surface area contributed by atoms with Crippen LogP contribution in [0.2, 0.25) is 0 Å². The highest BCUT2D eigenvalue weighted by molar-refractivity contribution is 6.06. The standard InChI is InChI=1S/C108H66N4O2/c1-4-27-68(28-5-1)78-57-58-86(81-36-13-12-35-80(78)81)99-66-98(111-106(112-99)70-31-8-3-9-32-70)85-40-15-11-34-77(85)73-56-60-103-95(64-73)108(92-47-23-25-50-101(92)114-103)90-45-21-18-41-87(90)104-79(42-26-48-93(104)108)71-53-51-67-52-54-74(62-75(67)61-71)96-65-97(110-105(109-96)69-29-6-2-7-30-69)84-39-14-10-33-76(84)72-55-59-102-94(63-72)107(91-46-22-24-49-100(91)113-102)88-43-19-16-37-82(88)83-38-17-20-44-89(83)107/h1-66H. The number of para-hydroxylation sites is 2. The van der Waals surface area contributed by atoms with E-state index in [0.717, 1.165) is 156 Å². The molecule has 6 nitrogen and oxygen atoms in total. The molecule has 0 amide bonds. The van der Waals surface area contributed by atoms with E-state index in [2.05, 4.69) is 388 Å². The molecule has 4 aliphatic rings. The van der Waals surface area contributed by atoms with Crippen LogP contribution in [0.4, 0.5) is 0 Å².